The van der Waals surface area contributed by atoms with E-state index >= 15 is 0 Å². The molecule has 0 spiro atoms. The van der Waals surface area contributed by atoms with E-state index < -0.39 is 18.0 Å². The number of hydrogen-bond donors (Lipinski definition) is 3. The summed E-state index contributed by atoms with van der Waals surface area (Å²) in [7, 11) is 1.75. The molecule has 0 amide bonds. The summed E-state index contributed by atoms with van der Waals surface area (Å²) in [5.74, 6) is -1.93. The van der Waals surface area contributed by atoms with E-state index in [1.807, 2.05) is 30.3 Å². The van der Waals surface area contributed by atoms with Crippen LogP contribution in [0, 0.1) is 0 Å². The fourth-order valence-electron chi connectivity index (χ4n) is 3.86. The van der Waals surface area contributed by atoms with E-state index in [2.05, 4.69) is 19.2 Å². The maximum Gasteiger partial charge on any atom is 0.337 e. The van der Waals surface area contributed by atoms with E-state index in [0.717, 1.165) is 23.2 Å². The van der Waals surface area contributed by atoms with Gasteiger partial charge in [-0.2, -0.15) is 0 Å². The second-order valence-electron chi connectivity index (χ2n) is 8.19. The van der Waals surface area contributed by atoms with Crippen LogP contribution in [0.2, 0.25) is 5.02 Å². The molecule has 6 nitrogen and oxygen atoms in total. The van der Waals surface area contributed by atoms with Crippen LogP contribution < -0.4 is 10.2 Å². The predicted molar refractivity (Wildman–Crippen MR) is 114 cm³/mol. The third-order valence-electron chi connectivity index (χ3n) is 5.71. The van der Waals surface area contributed by atoms with Gasteiger partial charge in [-0.3, -0.25) is 0 Å². The lowest BCUT2D eigenvalue weighted by Gasteiger charge is -2.40. The highest BCUT2D eigenvalue weighted by molar-refractivity contribution is 6.31. The Morgan fingerprint density at radius 1 is 1.24 bits per heavy atom. The number of nitrogens with zero attached hydrogens (tertiary/aromatic N) is 1. The summed E-state index contributed by atoms with van der Waals surface area (Å²) in [6, 6.07) is 10.2. The van der Waals surface area contributed by atoms with Crippen molar-refractivity contribution >= 4 is 34.9 Å². The number of aliphatic carboxylic acids is 1. The molecule has 3 rings (SSSR count). The third kappa shape index (κ3) is 4.03. The lowest BCUT2D eigenvalue weighted by atomic mass is 9.73. The van der Waals surface area contributed by atoms with Crippen molar-refractivity contribution in [3.63, 3.8) is 0 Å². The van der Waals surface area contributed by atoms with E-state index in [4.69, 9.17) is 11.6 Å². The lowest BCUT2D eigenvalue weighted by molar-refractivity contribution is -0.138. The minimum Gasteiger partial charge on any atom is -0.480 e. The van der Waals surface area contributed by atoms with Gasteiger partial charge < -0.3 is 20.4 Å². The molecule has 2 aromatic rings. The first-order chi connectivity index (χ1) is 13.5. The molecular formula is C22H25ClN2O4. The molecule has 0 saturated heterocycles. The molecule has 2 unspecified atom stereocenters. The summed E-state index contributed by atoms with van der Waals surface area (Å²) >= 11 is 6.17. The summed E-state index contributed by atoms with van der Waals surface area (Å²) < 4.78 is 0. The Kier molecular flexibility index (Phi) is 5.50. The minimum atomic E-state index is -1.03. The van der Waals surface area contributed by atoms with E-state index in [-0.39, 0.29) is 17.0 Å². The summed E-state index contributed by atoms with van der Waals surface area (Å²) in [5, 5.41) is 22.7. The zero-order valence-electron chi connectivity index (χ0n) is 16.9. The molecule has 1 heterocycles. The number of hydrogen-bond acceptors (Lipinski definition) is 4. The number of carbonyl (C=O) groups is 2. The molecule has 3 N–H and O–H groups in total. The molecule has 0 radical (unpaired) electrons. The number of nitrogens with one attached hydrogen (secondary N) is 1. The highest BCUT2D eigenvalue weighted by Crippen LogP contribution is 2.46. The van der Waals surface area contributed by atoms with Crippen molar-refractivity contribution in [3.8, 4) is 0 Å². The topological polar surface area (TPSA) is 89.9 Å². The first kappa shape index (κ1) is 21.0. The SMILES string of the molecule is CC(C(=O)O)N(C)c1cccc(C2CC(C)(C)c3cc(Cl)cc(C(=O)O)c3N2)c1. The van der Waals surface area contributed by atoms with Crippen molar-refractivity contribution in [3.05, 3.63) is 58.1 Å². The first-order valence-electron chi connectivity index (χ1n) is 9.40. The van der Waals surface area contributed by atoms with Gasteiger partial charge in [0.1, 0.15) is 6.04 Å². The van der Waals surface area contributed by atoms with Crippen LogP contribution in [-0.4, -0.2) is 35.2 Å². The van der Waals surface area contributed by atoms with Gasteiger partial charge in [-0.15, -0.1) is 0 Å². The average Bonchev–Trinajstić information content (AvgIpc) is 2.66. The summed E-state index contributed by atoms with van der Waals surface area (Å²) in [5.41, 5.74) is 3.08. The van der Waals surface area contributed by atoms with Gasteiger partial charge in [0, 0.05) is 17.8 Å². The zero-order valence-corrected chi connectivity index (χ0v) is 17.6. The van der Waals surface area contributed by atoms with Crippen LogP contribution in [0.25, 0.3) is 0 Å². The molecule has 7 heteroatoms. The molecule has 2 atom stereocenters. The number of halogens is 1. The molecule has 154 valence electrons. The highest BCUT2D eigenvalue weighted by atomic mass is 35.5. The van der Waals surface area contributed by atoms with Crippen LogP contribution in [0.5, 0.6) is 0 Å². The van der Waals surface area contributed by atoms with E-state index in [0.29, 0.717) is 10.7 Å². The van der Waals surface area contributed by atoms with Crippen molar-refractivity contribution < 1.29 is 19.8 Å². The molecule has 0 fully saturated rings. The molecule has 0 saturated carbocycles. The van der Waals surface area contributed by atoms with Gasteiger partial charge in [-0.25, -0.2) is 9.59 Å². The second kappa shape index (κ2) is 7.59. The molecule has 1 aliphatic rings. The average molecular weight is 417 g/mol. The van der Waals surface area contributed by atoms with Crippen LogP contribution >= 0.6 is 11.6 Å². The number of anilines is 2. The van der Waals surface area contributed by atoms with Gasteiger partial charge in [-0.1, -0.05) is 37.6 Å². The Labute approximate surface area is 175 Å². The van der Waals surface area contributed by atoms with Crippen molar-refractivity contribution in [1.82, 2.24) is 0 Å². The van der Waals surface area contributed by atoms with Crippen LogP contribution in [0.1, 0.15) is 54.7 Å². The van der Waals surface area contributed by atoms with Gasteiger partial charge in [0.15, 0.2) is 0 Å². The normalized spacial score (nSPS) is 18.3. The van der Waals surface area contributed by atoms with Gasteiger partial charge in [0.2, 0.25) is 0 Å². The van der Waals surface area contributed by atoms with Crippen LogP contribution in [0.15, 0.2) is 36.4 Å². The van der Waals surface area contributed by atoms with Crippen molar-refractivity contribution in [2.24, 2.45) is 0 Å². The largest absolute Gasteiger partial charge is 0.480 e. The maximum atomic E-state index is 11.8. The molecular weight excluding hydrogens is 392 g/mol. The first-order valence-corrected chi connectivity index (χ1v) is 9.78. The number of likely N-dealkylation sites (N-methyl/N-ethyl adjacent to an activating group) is 1. The molecule has 1 aliphatic heterocycles. The Hall–Kier alpha value is -2.73. The number of benzene rings is 2. The summed E-state index contributed by atoms with van der Waals surface area (Å²) in [6.45, 7) is 5.78. The number of aromatic carboxylic acids is 1. The lowest BCUT2D eigenvalue weighted by Crippen LogP contribution is -2.36. The predicted octanol–water partition coefficient (Wildman–Crippen LogP) is 4.78. The molecule has 2 aromatic carbocycles. The Morgan fingerprint density at radius 2 is 1.93 bits per heavy atom. The van der Waals surface area contributed by atoms with Gasteiger partial charge >= 0.3 is 11.9 Å². The molecule has 0 aliphatic carbocycles. The van der Waals surface area contributed by atoms with Crippen LogP contribution in [-0.2, 0) is 10.2 Å². The number of carboxylic acid groups (broad SMARTS) is 2. The van der Waals surface area contributed by atoms with Gasteiger partial charge in [0.25, 0.3) is 0 Å². The van der Waals surface area contributed by atoms with Crippen molar-refractivity contribution in [1.29, 1.82) is 0 Å². The van der Waals surface area contributed by atoms with Crippen LogP contribution in [0.4, 0.5) is 11.4 Å². The van der Waals surface area contributed by atoms with Crippen molar-refractivity contribution in [2.75, 3.05) is 17.3 Å². The van der Waals surface area contributed by atoms with Gasteiger partial charge in [-0.05, 0) is 54.2 Å². The van der Waals surface area contributed by atoms with E-state index in [1.165, 1.54) is 6.07 Å². The van der Waals surface area contributed by atoms with E-state index in [9.17, 15) is 19.8 Å². The van der Waals surface area contributed by atoms with Gasteiger partial charge in [0.05, 0.1) is 17.3 Å². The number of rotatable bonds is 5. The smallest absolute Gasteiger partial charge is 0.337 e. The van der Waals surface area contributed by atoms with Crippen LogP contribution in [0.3, 0.4) is 0 Å². The Balaban J connectivity index is 2.02. The summed E-state index contributed by atoms with van der Waals surface area (Å²) in [6.07, 6.45) is 0.737. The highest BCUT2D eigenvalue weighted by Gasteiger charge is 2.36. The maximum absolute atomic E-state index is 11.8. The standard InChI is InChI=1S/C22H25ClN2O4/c1-12(20(26)27)25(4)15-7-5-6-13(8-15)18-11-22(2,3)17-10-14(23)9-16(21(28)29)19(17)24-18/h5-10,12,18,24H,11H2,1-4H3,(H,26,27)(H,28,29). The zero-order chi connectivity index (χ0) is 21.5. The molecule has 0 aromatic heterocycles. The fourth-order valence-corrected chi connectivity index (χ4v) is 4.08. The second-order valence-corrected chi connectivity index (χ2v) is 8.62. The minimum absolute atomic E-state index is 0.120. The monoisotopic (exact) mass is 416 g/mol. The van der Waals surface area contributed by atoms with E-state index in [1.54, 1.807) is 18.9 Å². The fraction of sp³-hybridized carbons (Fsp3) is 0.364. The number of fused-ring (bicyclic) bond motifs is 1. The Bertz CT molecular complexity index is 973. The number of carboxylic acids is 2. The van der Waals surface area contributed by atoms with Crippen molar-refractivity contribution in [2.45, 2.75) is 44.7 Å². The molecule has 29 heavy (non-hydrogen) atoms. The molecule has 0 bridgehead atoms. The quantitative estimate of drug-likeness (QED) is 0.649. The summed E-state index contributed by atoms with van der Waals surface area (Å²) in [4.78, 5) is 24.8. The third-order valence-corrected chi connectivity index (χ3v) is 5.93. The Morgan fingerprint density at radius 3 is 2.55 bits per heavy atom.